The van der Waals surface area contributed by atoms with Crippen molar-refractivity contribution in [3.8, 4) is 0 Å². The second-order valence-electron chi connectivity index (χ2n) is 6.24. The minimum Gasteiger partial charge on any atom is -0.346 e. The summed E-state index contributed by atoms with van der Waals surface area (Å²) in [5.41, 5.74) is 5.74. The Bertz CT molecular complexity index is 609. The Kier molecular flexibility index (Phi) is 6.14. The van der Waals surface area contributed by atoms with Gasteiger partial charge in [-0.15, -0.1) is 0 Å². The Labute approximate surface area is 133 Å². The Morgan fingerprint density at radius 1 is 1.27 bits per heavy atom. The third-order valence-corrected chi connectivity index (χ3v) is 5.33. The fourth-order valence-corrected chi connectivity index (χ4v) is 3.30. The minimum atomic E-state index is -3.25. The van der Waals surface area contributed by atoms with E-state index >= 15 is 0 Å². The van der Waals surface area contributed by atoms with E-state index in [9.17, 15) is 13.2 Å². The third kappa shape index (κ3) is 4.81. The molecule has 0 aliphatic heterocycles. The van der Waals surface area contributed by atoms with Gasteiger partial charge in [0.1, 0.15) is 0 Å². The number of rotatable bonds is 7. The first-order valence-electron chi connectivity index (χ1n) is 7.49. The average molecular weight is 326 g/mol. The van der Waals surface area contributed by atoms with Gasteiger partial charge in [-0.1, -0.05) is 20.8 Å². The van der Waals surface area contributed by atoms with E-state index in [1.807, 2.05) is 6.92 Å². The zero-order valence-corrected chi connectivity index (χ0v) is 14.5. The monoisotopic (exact) mass is 326 g/mol. The van der Waals surface area contributed by atoms with Gasteiger partial charge in [-0.25, -0.2) is 8.42 Å². The van der Waals surface area contributed by atoms with Gasteiger partial charge in [-0.05, 0) is 43.5 Å². The van der Waals surface area contributed by atoms with Gasteiger partial charge in [0, 0.05) is 17.6 Å². The van der Waals surface area contributed by atoms with Gasteiger partial charge in [0.25, 0.3) is 5.91 Å². The van der Waals surface area contributed by atoms with E-state index in [-0.39, 0.29) is 16.6 Å². The van der Waals surface area contributed by atoms with E-state index in [0.29, 0.717) is 18.0 Å². The van der Waals surface area contributed by atoms with Gasteiger partial charge in [0.05, 0.1) is 10.6 Å². The van der Waals surface area contributed by atoms with Crippen LogP contribution in [0.5, 0.6) is 0 Å². The molecule has 0 heterocycles. The number of nitrogens with one attached hydrogen (secondary N) is 1. The van der Waals surface area contributed by atoms with Crippen LogP contribution < -0.4 is 11.1 Å². The Morgan fingerprint density at radius 2 is 1.82 bits per heavy atom. The Hall–Kier alpha value is -1.40. The first kappa shape index (κ1) is 18.6. The number of benzene rings is 1. The van der Waals surface area contributed by atoms with Crippen LogP contribution in [0.2, 0.25) is 0 Å². The van der Waals surface area contributed by atoms with Crippen molar-refractivity contribution in [1.82, 2.24) is 5.32 Å². The minimum absolute atomic E-state index is 0.0399. The molecular formula is C16H26N2O3S. The number of hydrogen-bond acceptors (Lipinski definition) is 4. The van der Waals surface area contributed by atoms with E-state index < -0.39 is 15.4 Å². The highest BCUT2D eigenvalue weighted by molar-refractivity contribution is 7.91. The molecule has 0 aliphatic carbocycles. The van der Waals surface area contributed by atoms with Crippen molar-refractivity contribution in [1.29, 1.82) is 0 Å². The second-order valence-corrected chi connectivity index (χ2v) is 8.52. The van der Waals surface area contributed by atoms with Crippen molar-refractivity contribution in [2.75, 3.05) is 12.3 Å². The fraction of sp³-hybridized carbons (Fsp3) is 0.562. The van der Waals surface area contributed by atoms with Crippen LogP contribution in [0.25, 0.3) is 0 Å². The molecule has 1 atom stereocenters. The molecule has 0 aromatic heterocycles. The fourth-order valence-electron chi connectivity index (χ4n) is 2.41. The summed E-state index contributed by atoms with van der Waals surface area (Å²) < 4.78 is 23.5. The summed E-state index contributed by atoms with van der Waals surface area (Å²) in [5.74, 6) is 0.206. The lowest BCUT2D eigenvalue weighted by Gasteiger charge is -2.31. The van der Waals surface area contributed by atoms with Gasteiger partial charge in [0.15, 0.2) is 9.84 Å². The highest BCUT2D eigenvalue weighted by Crippen LogP contribution is 2.17. The molecule has 0 radical (unpaired) electrons. The van der Waals surface area contributed by atoms with Crippen LogP contribution in [0.4, 0.5) is 0 Å². The van der Waals surface area contributed by atoms with E-state index in [1.165, 1.54) is 24.3 Å². The van der Waals surface area contributed by atoms with Gasteiger partial charge in [-0.2, -0.15) is 0 Å². The van der Waals surface area contributed by atoms with Crippen LogP contribution in [-0.2, 0) is 9.84 Å². The summed E-state index contributed by atoms with van der Waals surface area (Å²) >= 11 is 0. The molecular weight excluding hydrogens is 300 g/mol. The van der Waals surface area contributed by atoms with Crippen LogP contribution in [-0.4, -0.2) is 32.2 Å². The largest absolute Gasteiger partial charge is 0.346 e. The van der Waals surface area contributed by atoms with Crippen molar-refractivity contribution >= 4 is 15.7 Å². The zero-order chi connectivity index (χ0) is 17.0. The molecule has 1 aromatic carbocycles. The summed E-state index contributed by atoms with van der Waals surface area (Å²) in [6.45, 7) is 8.00. The SMILES string of the molecule is CCS(=O)(=O)c1ccc(C(=O)NC(C)(CN)CC(C)C)cc1. The number of nitrogens with two attached hydrogens (primary N) is 1. The van der Waals surface area contributed by atoms with Crippen LogP contribution in [0.1, 0.15) is 44.5 Å². The van der Waals surface area contributed by atoms with Gasteiger partial charge >= 0.3 is 0 Å². The number of sulfone groups is 1. The number of amides is 1. The van der Waals surface area contributed by atoms with Crippen LogP contribution in [0, 0.1) is 5.92 Å². The van der Waals surface area contributed by atoms with Crippen molar-refractivity contribution < 1.29 is 13.2 Å². The molecule has 0 fully saturated rings. The maximum absolute atomic E-state index is 12.3. The highest BCUT2D eigenvalue weighted by atomic mass is 32.2. The van der Waals surface area contributed by atoms with E-state index in [4.69, 9.17) is 5.73 Å². The molecule has 5 nitrogen and oxygen atoms in total. The average Bonchev–Trinajstić information content (AvgIpc) is 2.46. The summed E-state index contributed by atoms with van der Waals surface area (Å²) in [6, 6.07) is 6.00. The lowest BCUT2D eigenvalue weighted by molar-refractivity contribution is 0.0898. The molecule has 1 rings (SSSR count). The molecule has 6 heteroatoms. The van der Waals surface area contributed by atoms with Crippen LogP contribution >= 0.6 is 0 Å². The molecule has 124 valence electrons. The van der Waals surface area contributed by atoms with Crippen molar-refractivity contribution in [2.24, 2.45) is 11.7 Å². The molecule has 22 heavy (non-hydrogen) atoms. The van der Waals surface area contributed by atoms with E-state index in [0.717, 1.165) is 6.42 Å². The molecule has 1 amide bonds. The maximum atomic E-state index is 12.3. The van der Waals surface area contributed by atoms with Crippen LogP contribution in [0.15, 0.2) is 29.2 Å². The van der Waals surface area contributed by atoms with Crippen LogP contribution in [0.3, 0.4) is 0 Å². The van der Waals surface area contributed by atoms with Crippen molar-refractivity contribution in [3.05, 3.63) is 29.8 Å². The number of carbonyl (C=O) groups is 1. The summed E-state index contributed by atoms with van der Waals surface area (Å²) in [4.78, 5) is 12.5. The van der Waals surface area contributed by atoms with Crippen molar-refractivity contribution in [2.45, 2.75) is 44.6 Å². The lowest BCUT2D eigenvalue weighted by atomic mass is 9.90. The van der Waals surface area contributed by atoms with Gasteiger partial charge in [0.2, 0.25) is 0 Å². The summed E-state index contributed by atoms with van der Waals surface area (Å²) in [7, 11) is -3.25. The maximum Gasteiger partial charge on any atom is 0.251 e. The van der Waals surface area contributed by atoms with Gasteiger partial charge < -0.3 is 11.1 Å². The zero-order valence-electron chi connectivity index (χ0n) is 13.7. The molecule has 0 aliphatic rings. The quantitative estimate of drug-likeness (QED) is 0.801. The highest BCUT2D eigenvalue weighted by Gasteiger charge is 2.26. The molecule has 0 saturated carbocycles. The number of hydrogen-bond donors (Lipinski definition) is 2. The van der Waals surface area contributed by atoms with E-state index in [1.54, 1.807) is 6.92 Å². The van der Waals surface area contributed by atoms with E-state index in [2.05, 4.69) is 19.2 Å². The summed E-state index contributed by atoms with van der Waals surface area (Å²) in [6.07, 6.45) is 0.775. The molecule has 0 saturated heterocycles. The normalized spacial score (nSPS) is 14.6. The molecule has 1 aromatic rings. The summed E-state index contributed by atoms with van der Waals surface area (Å²) in [5, 5.41) is 2.95. The standard InChI is InChI=1S/C16H26N2O3S/c1-5-22(20,21)14-8-6-13(7-9-14)15(19)18-16(4,11-17)10-12(2)3/h6-9,12H,5,10-11,17H2,1-4H3,(H,18,19). The van der Waals surface area contributed by atoms with Crippen molar-refractivity contribution in [3.63, 3.8) is 0 Å². The van der Waals surface area contributed by atoms with Gasteiger partial charge in [-0.3, -0.25) is 4.79 Å². The molecule has 0 spiro atoms. The molecule has 1 unspecified atom stereocenters. The topological polar surface area (TPSA) is 89.3 Å². The smallest absolute Gasteiger partial charge is 0.251 e. The molecule has 0 bridgehead atoms. The first-order chi connectivity index (χ1) is 10.1. The molecule has 3 N–H and O–H groups in total. The second kappa shape index (κ2) is 7.24. The lowest BCUT2D eigenvalue weighted by Crippen LogP contribution is -2.52. The Morgan fingerprint density at radius 3 is 2.23 bits per heavy atom. The predicted octanol–water partition coefficient (Wildman–Crippen LogP) is 1.97. The first-order valence-corrected chi connectivity index (χ1v) is 9.14. The Balaban J connectivity index is 2.90. The predicted molar refractivity (Wildman–Crippen MR) is 88.5 cm³/mol. The number of carbonyl (C=O) groups excluding carboxylic acids is 1. The third-order valence-electron chi connectivity index (χ3n) is 3.58.